The molecule has 0 fully saturated rings. The van der Waals surface area contributed by atoms with Crippen molar-refractivity contribution in [3.05, 3.63) is 46.2 Å². The van der Waals surface area contributed by atoms with E-state index in [4.69, 9.17) is 10.5 Å². The summed E-state index contributed by atoms with van der Waals surface area (Å²) in [6.45, 7) is 2.32. The van der Waals surface area contributed by atoms with Crippen LogP contribution in [0.1, 0.15) is 11.3 Å². The lowest BCUT2D eigenvalue weighted by molar-refractivity contribution is 0.439. The van der Waals surface area contributed by atoms with E-state index >= 15 is 0 Å². The number of ether oxygens (including phenoxy) is 1. The van der Waals surface area contributed by atoms with Crippen LogP contribution in [0.25, 0.3) is 0 Å². The van der Waals surface area contributed by atoms with Crippen LogP contribution in [-0.2, 0) is 6.54 Å². The zero-order valence-electron chi connectivity index (χ0n) is 9.35. The summed E-state index contributed by atoms with van der Waals surface area (Å²) in [5.74, 6) is 0.702. The second-order valence-corrected chi connectivity index (χ2v) is 4.44. The van der Waals surface area contributed by atoms with Gasteiger partial charge in [0.2, 0.25) is 0 Å². The molecular formula is C12H12BrN3O. The fraction of sp³-hybridized carbons (Fsp3) is 0.167. The minimum absolute atomic E-state index is 0.335. The van der Waals surface area contributed by atoms with E-state index < -0.39 is 0 Å². The van der Waals surface area contributed by atoms with Gasteiger partial charge in [0, 0.05) is 28.5 Å². The average Bonchev–Trinajstić information content (AvgIpc) is 2.32. The number of nitrogens with zero attached hydrogens (tertiary/aromatic N) is 2. The van der Waals surface area contributed by atoms with Crippen molar-refractivity contribution in [2.75, 3.05) is 0 Å². The first-order valence-corrected chi connectivity index (χ1v) is 5.94. The molecular weight excluding hydrogens is 282 g/mol. The molecule has 0 saturated heterocycles. The summed E-state index contributed by atoms with van der Waals surface area (Å²) < 4.78 is 6.53. The summed E-state index contributed by atoms with van der Waals surface area (Å²) >= 11 is 3.36. The number of aromatic nitrogens is 2. The Bertz CT molecular complexity index is 514. The Morgan fingerprint density at radius 1 is 1.29 bits per heavy atom. The lowest BCUT2D eigenvalue weighted by Crippen LogP contribution is -2.03. The van der Waals surface area contributed by atoms with Gasteiger partial charge in [-0.3, -0.25) is 0 Å². The summed E-state index contributed by atoms with van der Waals surface area (Å²) in [6, 6.07) is 7.83. The van der Waals surface area contributed by atoms with Crippen molar-refractivity contribution in [3.8, 4) is 11.8 Å². The third-order valence-electron chi connectivity index (χ3n) is 2.30. The summed E-state index contributed by atoms with van der Waals surface area (Å²) in [5.41, 5.74) is 7.31. The van der Waals surface area contributed by atoms with E-state index in [9.17, 15) is 0 Å². The van der Waals surface area contributed by atoms with Gasteiger partial charge in [0.15, 0.2) is 0 Å². The van der Waals surface area contributed by atoms with E-state index in [0.717, 1.165) is 15.7 Å². The molecule has 2 N–H and O–H groups in total. The average molecular weight is 294 g/mol. The summed E-state index contributed by atoms with van der Waals surface area (Å²) in [5, 5.41) is 0. The predicted molar refractivity (Wildman–Crippen MR) is 68.9 cm³/mol. The molecule has 0 aliphatic carbocycles. The van der Waals surface area contributed by atoms with Crippen molar-refractivity contribution in [1.82, 2.24) is 9.97 Å². The van der Waals surface area contributed by atoms with E-state index in [1.165, 1.54) is 0 Å². The first-order valence-electron chi connectivity index (χ1n) is 5.15. The third-order valence-corrected chi connectivity index (χ3v) is 2.83. The molecule has 2 rings (SSSR count). The zero-order valence-corrected chi connectivity index (χ0v) is 10.9. The molecule has 0 aliphatic rings. The van der Waals surface area contributed by atoms with Crippen LogP contribution in [0.2, 0.25) is 0 Å². The van der Waals surface area contributed by atoms with Crippen LogP contribution < -0.4 is 10.5 Å². The van der Waals surface area contributed by atoms with Crippen molar-refractivity contribution in [1.29, 1.82) is 0 Å². The van der Waals surface area contributed by atoms with Gasteiger partial charge in [-0.2, -0.15) is 4.98 Å². The fourth-order valence-corrected chi connectivity index (χ4v) is 1.59. The lowest BCUT2D eigenvalue weighted by Gasteiger charge is -2.06. The van der Waals surface area contributed by atoms with Crippen LogP contribution in [0.3, 0.4) is 0 Å². The molecule has 88 valence electrons. The Morgan fingerprint density at radius 2 is 2.00 bits per heavy atom. The molecule has 0 amide bonds. The Labute approximate surface area is 108 Å². The van der Waals surface area contributed by atoms with Gasteiger partial charge in [-0.15, -0.1) is 0 Å². The third kappa shape index (κ3) is 3.01. The monoisotopic (exact) mass is 293 g/mol. The fourth-order valence-electron chi connectivity index (χ4n) is 1.33. The number of hydrogen-bond donors (Lipinski definition) is 1. The number of aryl methyl sites for hydroxylation is 1. The normalized spacial score (nSPS) is 10.3. The second kappa shape index (κ2) is 5.25. The van der Waals surface area contributed by atoms with Crippen LogP contribution in [0, 0.1) is 6.92 Å². The molecule has 0 atom stereocenters. The number of rotatable bonds is 3. The van der Waals surface area contributed by atoms with Gasteiger partial charge < -0.3 is 10.5 Å². The maximum Gasteiger partial charge on any atom is 0.322 e. The van der Waals surface area contributed by atoms with Crippen LogP contribution in [0.15, 0.2) is 34.9 Å². The van der Waals surface area contributed by atoms with Gasteiger partial charge in [-0.25, -0.2) is 4.98 Å². The van der Waals surface area contributed by atoms with Crippen molar-refractivity contribution in [3.63, 3.8) is 0 Å². The molecule has 0 spiro atoms. The Balaban J connectivity index is 2.19. The SMILES string of the molecule is Cc1nc(Oc2ccc(Br)cc2)ncc1CN. The van der Waals surface area contributed by atoms with Crippen LogP contribution in [0.4, 0.5) is 0 Å². The number of benzene rings is 1. The second-order valence-electron chi connectivity index (χ2n) is 3.52. The van der Waals surface area contributed by atoms with Gasteiger partial charge >= 0.3 is 6.01 Å². The van der Waals surface area contributed by atoms with Gasteiger partial charge in [-0.05, 0) is 31.2 Å². The van der Waals surface area contributed by atoms with Gasteiger partial charge in [0.05, 0.1) is 0 Å². The van der Waals surface area contributed by atoms with Crippen molar-refractivity contribution < 1.29 is 4.74 Å². The highest BCUT2D eigenvalue weighted by atomic mass is 79.9. The molecule has 0 aliphatic heterocycles. The smallest absolute Gasteiger partial charge is 0.322 e. The highest BCUT2D eigenvalue weighted by Gasteiger charge is 2.04. The van der Waals surface area contributed by atoms with E-state index in [1.807, 2.05) is 31.2 Å². The molecule has 5 heteroatoms. The molecule has 4 nitrogen and oxygen atoms in total. The van der Waals surface area contributed by atoms with Gasteiger partial charge in [-0.1, -0.05) is 15.9 Å². The quantitative estimate of drug-likeness (QED) is 0.945. The molecule has 0 unspecified atom stereocenters. The maximum absolute atomic E-state index is 5.54. The molecule has 2 aromatic rings. The van der Waals surface area contributed by atoms with Crippen molar-refractivity contribution in [2.24, 2.45) is 5.73 Å². The zero-order chi connectivity index (χ0) is 12.3. The van der Waals surface area contributed by atoms with E-state index in [2.05, 4.69) is 25.9 Å². The highest BCUT2D eigenvalue weighted by molar-refractivity contribution is 9.10. The minimum atomic E-state index is 0.335. The number of halogens is 1. The lowest BCUT2D eigenvalue weighted by atomic mass is 10.2. The Kier molecular flexibility index (Phi) is 3.71. The Morgan fingerprint density at radius 3 is 2.59 bits per heavy atom. The van der Waals surface area contributed by atoms with Crippen LogP contribution >= 0.6 is 15.9 Å². The molecule has 0 bridgehead atoms. The summed E-state index contributed by atoms with van der Waals surface area (Å²) in [6.07, 6.45) is 1.69. The molecule has 1 aromatic heterocycles. The van der Waals surface area contributed by atoms with Crippen molar-refractivity contribution >= 4 is 15.9 Å². The van der Waals surface area contributed by atoms with Gasteiger partial charge in [0.1, 0.15) is 5.75 Å². The predicted octanol–water partition coefficient (Wildman–Crippen LogP) is 2.80. The molecule has 1 heterocycles. The van der Waals surface area contributed by atoms with Crippen molar-refractivity contribution in [2.45, 2.75) is 13.5 Å². The number of nitrogens with two attached hydrogens (primary N) is 1. The maximum atomic E-state index is 5.54. The van der Waals surface area contributed by atoms with E-state index in [-0.39, 0.29) is 0 Å². The first-order chi connectivity index (χ1) is 8.19. The molecule has 17 heavy (non-hydrogen) atoms. The molecule has 0 saturated carbocycles. The highest BCUT2D eigenvalue weighted by Crippen LogP contribution is 2.20. The largest absolute Gasteiger partial charge is 0.424 e. The Hall–Kier alpha value is -1.46. The standard InChI is InChI=1S/C12H12BrN3O/c1-8-9(6-14)7-15-12(16-8)17-11-4-2-10(13)3-5-11/h2-5,7H,6,14H2,1H3. The van der Waals surface area contributed by atoms with Crippen LogP contribution in [0.5, 0.6) is 11.8 Å². The van der Waals surface area contributed by atoms with Gasteiger partial charge in [0.25, 0.3) is 0 Å². The van der Waals surface area contributed by atoms with Crippen LogP contribution in [-0.4, -0.2) is 9.97 Å². The van der Waals surface area contributed by atoms with E-state index in [1.54, 1.807) is 6.20 Å². The number of hydrogen-bond acceptors (Lipinski definition) is 4. The van der Waals surface area contributed by atoms with E-state index in [0.29, 0.717) is 18.3 Å². The summed E-state index contributed by atoms with van der Waals surface area (Å²) in [4.78, 5) is 8.34. The molecule has 1 aromatic carbocycles. The topological polar surface area (TPSA) is 61.0 Å². The summed E-state index contributed by atoms with van der Waals surface area (Å²) in [7, 11) is 0. The first kappa shape index (κ1) is 12.0. The molecule has 0 radical (unpaired) electrons. The minimum Gasteiger partial charge on any atom is -0.424 e.